The van der Waals surface area contributed by atoms with Crippen molar-refractivity contribution >= 4 is 16.4 Å². The highest BCUT2D eigenvalue weighted by atomic mass is 32.2. The number of hydrogen-bond donors (Lipinski definition) is 1. The van der Waals surface area contributed by atoms with Crippen LogP contribution in [0.1, 0.15) is 0 Å². The molecule has 260 valence electrons. The highest BCUT2D eigenvalue weighted by Crippen LogP contribution is 2.63. The SMILES string of the molecule is O=C(NS(=O)(=O)OCC(F)(F)C(F)(F)C(F)(F)C(F)(F)C(F)(F)C(F)(F)C(F)(F)C(F)(F)F)Oc1ccc(-c2ccccc2)cc1. The molecule has 2 aromatic rings. The van der Waals surface area contributed by atoms with Crippen molar-refractivity contribution in [3.63, 3.8) is 0 Å². The fourth-order valence-corrected chi connectivity index (χ4v) is 3.65. The van der Waals surface area contributed by atoms with Crippen molar-refractivity contribution in [2.75, 3.05) is 6.61 Å². The normalized spacial score (nSPS) is 14.6. The van der Waals surface area contributed by atoms with Gasteiger partial charge in [0.05, 0.1) is 0 Å². The van der Waals surface area contributed by atoms with Gasteiger partial charge in [0.25, 0.3) is 0 Å². The van der Waals surface area contributed by atoms with E-state index in [0.29, 0.717) is 15.8 Å². The van der Waals surface area contributed by atoms with Gasteiger partial charge in [-0.3, -0.25) is 0 Å². The third-order valence-electron chi connectivity index (χ3n) is 5.56. The van der Waals surface area contributed by atoms with Gasteiger partial charge in [0.2, 0.25) is 0 Å². The van der Waals surface area contributed by atoms with Crippen LogP contribution >= 0.6 is 0 Å². The first kappa shape index (κ1) is 38.6. The lowest BCUT2D eigenvalue weighted by atomic mass is 9.89. The summed E-state index contributed by atoms with van der Waals surface area (Å²) in [6.07, 6.45) is -10.1. The van der Waals surface area contributed by atoms with Crippen LogP contribution in [-0.4, -0.2) is 68.8 Å². The molecule has 0 aromatic heterocycles. The Morgan fingerprint density at radius 3 is 1.39 bits per heavy atom. The zero-order valence-corrected chi connectivity index (χ0v) is 22.1. The maximum Gasteiger partial charge on any atom is 0.460 e. The maximum absolute atomic E-state index is 13.9. The second-order valence-electron chi connectivity index (χ2n) is 8.75. The van der Waals surface area contributed by atoms with Crippen molar-refractivity contribution in [2.24, 2.45) is 0 Å². The summed E-state index contributed by atoms with van der Waals surface area (Å²) in [5.41, 5.74) is 1.14. The summed E-state index contributed by atoms with van der Waals surface area (Å²) >= 11 is 0. The summed E-state index contributed by atoms with van der Waals surface area (Å²) in [4.78, 5) is 11.7. The van der Waals surface area contributed by atoms with E-state index in [0.717, 1.165) is 12.1 Å². The maximum atomic E-state index is 13.9. The Bertz CT molecular complexity index is 1500. The number of ether oxygens (including phenoxy) is 1. The third kappa shape index (κ3) is 6.62. The molecule has 0 saturated carbocycles. The first-order valence-electron chi connectivity index (χ1n) is 11.2. The minimum Gasteiger partial charge on any atom is -0.410 e. The first-order valence-corrected chi connectivity index (χ1v) is 12.6. The van der Waals surface area contributed by atoms with Crippen LogP contribution in [0.2, 0.25) is 0 Å². The molecule has 2 rings (SSSR count). The summed E-state index contributed by atoms with van der Waals surface area (Å²) in [5, 5.41) is 0. The number of halogens is 17. The number of hydrogen-bond acceptors (Lipinski definition) is 5. The van der Waals surface area contributed by atoms with E-state index in [1.165, 1.54) is 12.1 Å². The minimum absolute atomic E-state index is 0.486. The molecule has 0 aliphatic heterocycles. The number of nitrogens with one attached hydrogen (secondary N) is 1. The van der Waals surface area contributed by atoms with Crippen molar-refractivity contribution in [3.8, 4) is 16.9 Å². The lowest BCUT2D eigenvalue weighted by Crippen LogP contribution is -2.74. The molecule has 0 bridgehead atoms. The second kappa shape index (κ2) is 11.9. The molecule has 6 nitrogen and oxygen atoms in total. The molecule has 0 saturated heterocycles. The Morgan fingerprint density at radius 1 is 0.565 bits per heavy atom. The van der Waals surface area contributed by atoms with Gasteiger partial charge in [-0.05, 0) is 23.3 Å². The predicted molar refractivity (Wildman–Crippen MR) is 117 cm³/mol. The van der Waals surface area contributed by atoms with Crippen LogP contribution < -0.4 is 9.46 Å². The monoisotopic (exact) mass is 725 g/mol. The summed E-state index contributed by atoms with van der Waals surface area (Å²) in [7, 11) is -6.18. The van der Waals surface area contributed by atoms with Gasteiger partial charge < -0.3 is 4.74 Å². The van der Waals surface area contributed by atoms with E-state index in [1.54, 1.807) is 30.3 Å². The number of amides is 1. The first-order chi connectivity index (χ1) is 20.4. The standard InChI is InChI=1S/C22H12F17NO5S/c23-15(24,16(25,26)17(27,28)18(29,30)19(31,32)20(33,34)21(35,36)22(37,38)39)10-44-46(42,43)40-14(41)45-13-8-6-12(7-9-13)11-4-2-1-3-5-11/h1-9H,10H2,(H,40,41). The van der Waals surface area contributed by atoms with Crippen molar-refractivity contribution in [1.29, 1.82) is 0 Å². The molecule has 0 aliphatic rings. The van der Waals surface area contributed by atoms with Gasteiger partial charge in [-0.25, -0.2) is 8.98 Å². The number of carbonyl (C=O) groups excluding carboxylic acids is 1. The minimum atomic E-state index is -8.85. The van der Waals surface area contributed by atoms with E-state index < -0.39 is 76.4 Å². The highest BCUT2D eigenvalue weighted by molar-refractivity contribution is 7.85. The van der Waals surface area contributed by atoms with Gasteiger partial charge in [-0.1, -0.05) is 42.5 Å². The van der Waals surface area contributed by atoms with Crippen LogP contribution in [-0.2, 0) is 14.5 Å². The fourth-order valence-electron chi connectivity index (χ4n) is 3.04. The second-order valence-corrected chi connectivity index (χ2v) is 10.1. The van der Waals surface area contributed by atoms with E-state index in [1.807, 2.05) is 0 Å². The Kier molecular flexibility index (Phi) is 9.99. The van der Waals surface area contributed by atoms with Crippen molar-refractivity contribution in [3.05, 3.63) is 54.6 Å². The van der Waals surface area contributed by atoms with Crippen LogP contribution in [0.15, 0.2) is 54.6 Å². The Balaban J connectivity index is 2.23. The van der Waals surface area contributed by atoms with Crippen molar-refractivity contribution < 1.29 is 96.8 Å². The average Bonchev–Trinajstić information content (AvgIpc) is 2.91. The van der Waals surface area contributed by atoms with Crippen LogP contribution in [0.5, 0.6) is 5.75 Å². The summed E-state index contributed by atoms with van der Waals surface area (Å²) in [6, 6.07) is 12.8. The Hall–Kier alpha value is -3.57. The van der Waals surface area contributed by atoms with Gasteiger partial charge in [-0.2, -0.15) is 87.8 Å². The molecule has 0 aliphatic carbocycles. The van der Waals surface area contributed by atoms with E-state index in [-0.39, 0.29) is 0 Å². The Labute approximate surface area is 244 Å². The molecule has 2 aromatic carbocycles. The summed E-state index contributed by atoms with van der Waals surface area (Å²) in [5.74, 6) is -59.2. The lowest BCUT2D eigenvalue weighted by molar-refractivity contribution is -0.462. The Morgan fingerprint density at radius 2 is 0.957 bits per heavy atom. The quantitative estimate of drug-likeness (QED) is 0.227. The third-order valence-corrected chi connectivity index (χ3v) is 6.41. The number of rotatable bonds is 12. The van der Waals surface area contributed by atoms with Crippen molar-refractivity contribution in [1.82, 2.24) is 4.72 Å². The predicted octanol–water partition coefficient (Wildman–Crippen LogP) is 7.71. The van der Waals surface area contributed by atoms with Gasteiger partial charge in [0, 0.05) is 0 Å². The zero-order chi connectivity index (χ0) is 36.0. The molecular formula is C22H12F17NO5S. The van der Waals surface area contributed by atoms with E-state index in [9.17, 15) is 87.8 Å². The molecule has 24 heteroatoms. The van der Waals surface area contributed by atoms with Gasteiger partial charge in [0.1, 0.15) is 12.4 Å². The number of alkyl halides is 17. The van der Waals surface area contributed by atoms with Crippen LogP contribution in [0.4, 0.5) is 79.4 Å². The topological polar surface area (TPSA) is 81.7 Å². The van der Waals surface area contributed by atoms with Gasteiger partial charge in [-0.15, -0.1) is 0 Å². The molecule has 0 fully saturated rings. The van der Waals surface area contributed by atoms with E-state index in [4.69, 9.17) is 0 Å². The molecule has 1 amide bonds. The molecular weight excluding hydrogens is 713 g/mol. The molecule has 0 unspecified atom stereocenters. The average molecular weight is 725 g/mol. The van der Waals surface area contributed by atoms with E-state index in [2.05, 4.69) is 8.92 Å². The highest BCUT2D eigenvalue weighted by Gasteiger charge is 2.95. The molecule has 0 heterocycles. The summed E-state index contributed by atoms with van der Waals surface area (Å²) < 4.78 is 257. The fraction of sp³-hybridized carbons (Fsp3) is 0.409. The summed E-state index contributed by atoms with van der Waals surface area (Å²) in [6.45, 7) is -3.78. The van der Waals surface area contributed by atoms with Crippen LogP contribution in [0.25, 0.3) is 11.1 Å². The molecule has 1 N–H and O–H groups in total. The number of carbonyl (C=O) groups is 1. The van der Waals surface area contributed by atoms with Gasteiger partial charge in [0.15, 0.2) is 0 Å². The zero-order valence-electron chi connectivity index (χ0n) is 21.3. The van der Waals surface area contributed by atoms with Crippen LogP contribution in [0.3, 0.4) is 0 Å². The largest absolute Gasteiger partial charge is 0.460 e. The van der Waals surface area contributed by atoms with Crippen LogP contribution in [0, 0.1) is 0 Å². The number of benzene rings is 2. The molecule has 0 atom stereocenters. The van der Waals surface area contributed by atoms with Gasteiger partial charge >= 0.3 is 64.0 Å². The van der Waals surface area contributed by atoms with Crippen molar-refractivity contribution in [2.45, 2.75) is 47.6 Å². The van der Waals surface area contributed by atoms with E-state index >= 15 is 0 Å². The molecule has 0 spiro atoms. The lowest BCUT2D eigenvalue weighted by Gasteiger charge is -2.42. The smallest absolute Gasteiger partial charge is 0.410 e. The molecule has 46 heavy (non-hydrogen) atoms. The molecule has 0 radical (unpaired) electrons.